The van der Waals surface area contributed by atoms with E-state index < -0.39 is 12.1 Å². The molecule has 2 spiro atoms. The Balaban J connectivity index is 0.985. The van der Waals surface area contributed by atoms with E-state index in [0.29, 0.717) is 67.7 Å². The van der Waals surface area contributed by atoms with Crippen molar-refractivity contribution in [2.24, 2.45) is 56.7 Å². The van der Waals surface area contributed by atoms with Crippen molar-refractivity contribution in [2.75, 3.05) is 39.8 Å². The quantitative estimate of drug-likeness (QED) is 0.364. The largest absolute Gasteiger partial charge is 0.480 e. The van der Waals surface area contributed by atoms with Gasteiger partial charge in [-0.05, 0) is 123 Å². The number of aliphatic hydroxyl groups is 1. The third-order valence-electron chi connectivity index (χ3n) is 16.6. The molecule has 0 aromatic heterocycles. The van der Waals surface area contributed by atoms with Crippen LogP contribution in [0.2, 0.25) is 0 Å². The minimum Gasteiger partial charge on any atom is -0.480 e. The number of likely N-dealkylation sites (N-methyl/N-ethyl adjacent to an activating group) is 1. The number of aliphatic carboxylic acids is 1. The minimum atomic E-state index is -0.821. The van der Waals surface area contributed by atoms with E-state index >= 15 is 0 Å². The van der Waals surface area contributed by atoms with Gasteiger partial charge in [-0.25, -0.2) is 0 Å². The number of fused-ring (bicyclic) bond motifs is 4. The Hall–Kier alpha value is -1.26. The number of hydrogen-bond donors (Lipinski definition) is 2. The zero-order chi connectivity index (χ0) is 34.0. The minimum absolute atomic E-state index is 0.00257. The molecule has 0 bridgehead atoms. The van der Waals surface area contributed by atoms with Crippen molar-refractivity contribution in [3.63, 3.8) is 0 Å². The highest BCUT2D eigenvalue weighted by molar-refractivity contribution is 5.76. The van der Waals surface area contributed by atoms with E-state index in [1.807, 2.05) is 16.8 Å². The zero-order valence-electron chi connectivity index (χ0n) is 30.4. The molecule has 0 unspecified atom stereocenters. The third kappa shape index (κ3) is 4.79. The van der Waals surface area contributed by atoms with Gasteiger partial charge in [-0.2, -0.15) is 0 Å². The predicted molar refractivity (Wildman–Crippen MR) is 180 cm³/mol. The smallest absolute Gasteiger partial charge is 0.317 e. The lowest BCUT2D eigenvalue weighted by atomic mass is 9.41. The van der Waals surface area contributed by atoms with Gasteiger partial charge >= 0.3 is 5.97 Å². The second-order valence-corrected chi connectivity index (χ2v) is 19.1. The summed E-state index contributed by atoms with van der Waals surface area (Å²) >= 11 is 0. The molecule has 1 amide bonds. The van der Waals surface area contributed by atoms with Crippen LogP contribution in [-0.2, 0) is 23.8 Å². The molecular weight excluding hydrogens is 608 g/mol. The van der Waals surface area contributed by atoms with Crippen LogP contribution in [0.4, 0.5) is 0 Å². The van der Waals surface area contributed by atoms with Crippen LogP contribution >= 0.6 is 0 Å². The highest BCUT2D eigenvalue weighted by Gasteiger charge is 2.84. The van der Waals surface area contributed by atoms with Crippen LogP contribution in [0, 0.1) is 56.7 Å². The number of carbonyl (C=O) groups excluding carboxylic acids is 1. The number of nitrogens with zero attached hydrogens (tertiary/aromatic N) is 2. The Morgan fingerprint density at radius 1 is 1.00 bits per heavy atom. The SMILES string of the molecule is C[C@@H]1C[C@H](CN(C)CC(=O)O)O[C@H]2[C@H]1[C@@]1(C)CC[C@@]34C[C@@]35CC[C@H](O[C@H]3CN(C(=O)CC6CC6)CCO3)C(C)(C)[C@@H]5CC[C@H]4[C@]1(C)[C@H]2O. The zero-order valence-corrected chi connectivity index (χ0v) is 30.4. The summed E-state index contributed by atoms with van der Waals surface area (Å²) in [4.78, 5) is 28.1. The molecule has 2 saturated heterocycles. The van der Waals surface area contributed by atoms with E-state index in [2.05, 4.69) is 34.6 Å². The molecule has 0 aromatic carbocycles. The number of ether oxygens (including phenoxy) is 3. The van der Waals surface area contributed by atoms with Crippen molar-refractivity contribution in [1.82, 2.24) is 9.80 Å². The summed E-state index contributed by atoms with van der Waals surface area (Å²) in [5.74, 6) is 1.82. The first-order valence-corrected chi connectivity index (χ1v) is 19.4. The molecule has 8 aliphatic rings. The monoisotopic (exact) mass is 670 g/mol. The predicted octanol–water partition coefficient (Wildman–Crippen LogP) is 5.19. The molecule has 0 aromatic rings. The molecule has 0 radical (unpaired) electrons. The van der Waals surface area contributed by atoms with Gasteiger partial charge in [-0.1, -0.05) is 34.6 Å². The van der Waals surface area contributed by atoms with E-state index in [9.17, 15) is 19.8 Å². The molecule has 8 fully saturated rings. The first-order valence-electron chi connectivity index (χ1n) is 19.4. The molecule has 2 N–H and O–H groups in total. The Morgan fingerprint density at radius 2 is 1.73 bits per heavy atom. The summed E-state index contributed by atoms with van der Waals surface area (Å²) in [6.45, 7) is 14.5. The number of hydrogen-bond acceptors (Lipinski definition) is 7. The van der Waals surface area contributed by atoms with Crippen LogP contribution < -0.4 is 0 Å². The Morgan fingerprint density at radius 3 is 2.46 bits per heavy atom. The normalized spacial score (nSPS) is 50.5. The first kappa shape index (κ1) is 33.9. The van der Waals surface area contributed by atoms with E-state index in [0.717, 1.165) is 25.7 Å². The lowest BCUT2D eigenvalue weighted by Gasteiger charge is -2.64. The van der Waals surface area contributed by atoms with Crippen molar-refractivity contribution in [3.05, 3.63) is 0 Å². The molecule has 2 heterocycles. The molecule has 9 heteroatoms. The number of morpholine rings is 1. The number of carbonyl (C=O) groups is 2. The van der Waals surface area contributed by atoms with Gasteiger partial charge < -0.3 is 29.3 Å². The average Bonchev–Trinajstić information content (AvgIpc) is 3.93. The summed E-state index contributed by atoms with van der Waals surface area (Å²) in [7, 11) is 1.85. The van der Waals surface area contributed by atoms with Gasteiger partial charge in [0.25, 0.3) is 0 Å². The van der Waals surface area contributed by atoms with Crippen LogP contribution in [0.3, 0.4) is 0 Å². The van der Waals surface area contributed by atoms with E-state index in [1.54, 1.807) is 0 Å². The fourth-order valence-electron chi connectivity index (χ4n) is 14.2. The molecule has 6 aliphatic carbocycles. The summed E-state index contributed by atoms with van der Waals surface area (Å²) < 4.78 is 19.8. The topological polar surface area (TPSA) is 109 Å². The molecule has 270 valence electrons. The summed E-state index contributed by atoms with van der Waals surface area (Å²) in [6, 6.07) is 0. The van der Waals surface area contributed by atoms with Gasteiger partial charge in [0.2, 0.25) is 5.91 Å². The molecule has 6 saturated carbocycles. The first-order chi connectivity index (χ1) is 22.7. The molecule has 2 aliphatic heterocycles. The van der Waals surface area contributed by atoms with Crippen molar-refractivity contribution < 1.29 is 34.0 Å². The lowest BCUT2D eigenvalue weighted by molar-refractivity contribution is -0.248. The van der Waals surface area contributed by atoms with Crippen LogP contribution in [0.1, 0.15) is 105 Å². The molecule has 8 rings (SSSR count). The van der Waals surface area contributed by atoms with E-state index in [4.69, 9.17) is 14.2 Å². The van der Waals surface area contributed by atoms with Crippen LogP contribution in [-0.4, -0.2) is 102 Å². The molecule has 48 heavy (non-hydrogen) atoms. The highest BCUT2D eigenvalue weighted by Crippen LogP contribution is 2.89. The highest BCUT2D eigenvalue weighted by atomic mass is 16.7. The fourth-order valence-corrected chi connectivity index (χ4v) is 14.2. The summed E-state index contributed by atoms with van der Waals surface area (Å²) in [5, 5.41) is 21.8. The maximum absolute atomic E-state index is 12.9. The van der Waals surface area contributed by atoms with Gasteiger partial charge in [0.1, 0.15) is 0 Å². The molecular formula is C39H62N2O7. The van der Waals surface area contributed by atoms with Gasteiger partial charge in [0, 0.05) is 24.9 Å². The second kappa shape index (κ2) is 11.4. The van der Waals surface area contributed by atoms with Gasteiger partial charge in [-0.3, -0.25) is 14.5 Å². The maximum atomic E-state index is 12.9. The Kier molecular flexibility index (Phi) is 8.02. The molecule has 9 nitrogen and oxygen atoms in total. The number of carboxylic acid groups (broad SMARTS) is 1. The summed E-state index contributed by atoms with van der Waals surface area (Å²) in [6.07, 6.45) is 11.2. The van der Waals surface area contributed by atoms with Crippen molar-refractivity contribution >= 4 is 11.9 Å². The third-order valence-corrected chi connectivity index (χ3v) is 16.6. The number of amides is 1. The molecule has 13 atom stereocenters. The van der Waals surface area contributed by atoms with Crippen molar-refractivity contribution in [3.8, 4) is 0 Å². The van der Waals surface area contributed by atoms with Crippen LogP contribution in [0.5, 0.6) is 0 Å². The van der Waals surface area contributed by atoms with Crippen LogP contribution in [0.15, 0.2) is 0 Å². The number of aliphatic hydroxyl groups excluding tert-OH is 1. The average molecular weight is 671 g/mol. The van der Waals surface area contributed by atoms with Gasteiger partial charge in [-0.15, -0.1) is 0 Å². The second-order valence-electron chi connectivity index (χ2n) is 19.1. The Bertz CT molecular complexity index is 1300. The van der Waals surface area contributed by atoms with Crippen LogP contribution in [0.25, 0.3) is 0 Å². The maximum Gasteiger partial charge on any atom is 0.317 e. The lowest BCUT2D eigenvalue weighted by Crippen LogP contribution is -2.60. The number of carboxylic acids is 1. The summed E-state index contributed by atoms with van der Waals surface area (Å²) in [5.41, 5.74) is 0.393. The van der Waals surface area contributed by atoms with E-state index in [1.165, 1.54) is 38.5 Å². The standard InChI is InChI=1S/C39H62N2O7/c1-23-17-25(19-40(6)20-30(43)44)47-33-32(23)36(4)13-14-39-22-38(39)12-11-28(35(2,3)26(38)9-10-27(39)37(36,5)34(33)45)48-31-21-41(15-16-46-31)29(42)18-24-7-8-24/h23-28,31-34,45H,7-22H2,1-6H3,(H,43,44)/t23-,25-,26+,27+,28+,31+,32+,33+,34+,36-,37-,38-,39+/m1/s1. The van der Waals surface area contributed by atoms with Gasteiger partial charge in [0.05, 0.1) is 44.1 Å². The van der Waals surface area contributed by atoms with Crippen molar-refractivity contribution in [2.45, 2.75) is 136 Å². The van der Waals surface area contributed by atoms with Gasteiger partial charge in [0.15, 0.2) is 6.29 Å². The van der Waals surface area contributed by atoms with Crippen molar-refractivity contribution in [1.29, 1.82) is 0 Å². The number of rotatable bonds is 8. The fraction of sp³-hybridized carbons (Fsp3) is 0.949. The Labute approximate surface area is 287 Å². The van der Waals surface area contributed by atoms with E-state index in [-0.39, 0.29) is 58.7 Å².